The number of nitrogens with zero attached hydrogens (tertiary/aromatic N) is 1. The number of halogens is 1. The molecule has 3 aromatic carbocycles. The maximum Gasteiger partial charge on any atom is 0.322 e. The SMILES string of the molecule is CCOc1ccc(NC(=O)N2CCc3c([nH]c4ccccc34)[C@H]2c2ccc(F)cc2)cc1. The molecule has 1 aliphatic heterocycles. The zero-order chi connectivity index (χ0) is 22.1. The van der Waals surface area contributed by atoms with Crippen LogP contribution in [-0.2, 0) is 6.42 Å². The molecular formula is C26H24FN3O2. The van der Waals surface area contributed by atoms with E-state index in [4.69, 9.17) is 4.74 Å². The molecule has 162 valence electrons. The van der Waals surface area contributed by atoms with Gasteiger partial charge in [-0.25, -0.2) is 9.18 Å². The van der Waals surface area contributed by atoms with Crippen molar-refractivity contribution in [3.8, 4) is 5.75 Å². The Morgan fingerprint density at radius 2 is 1.84 bits per heavy atom. The van der Waals surface area contributed by atoms with E-state index in [-0.39, 0.29) is 17.9 Å². The number of hydrogen-bond acceptors (Lipinski definition) is 2. The third kappa shape index (κ3) is 3.68. The summed E-state index contributed by atoms with van der Waals surface area (Å²) in [4.78, 5) is 18.7. The number of carbonyl (C=O) groups excluding carboxylic acids is 1. The van der Waals surface area contributed by atoms with Gasteiger partial charge in [-0.1, -0.05) is 30.3 Å². The quantitative estimate of drug-likeness (QED) is 0.425. The largest absolute Gasteiger partial charge is 0.494 e. The first kappa shape index (κ1) is 20.1. The summed E-state index contributed by atoms with van der Waals surface area (Å²) in [5, 5.41) is 4.17. The Morgan fingerprint density at radius 3 is 2.59 bits per heavy atom. The van der Waals surface area contributed by atoms with Crippen molar-refractivity contribution < 1.29 is 13.9 Å². The number of benzene rings is 3. The summed E-state index contributed by atoms with van der Waals surface area (Å²) >= 11 is 0. The first-order valence-corrected chi connectivity index (χ1v) is 10.8. The lowest BCUT2D eigenvalue weighted by Crippen LogP contribution is -2.43. The molecule has 6 heteroatoms. The van der Waals surface area contributed by atoms with E-state index in [2.05, 4.69) is 16.4 Å². The van der Waals surface area contributed by atoms with Gasteiger partial charge in [0.25, 0.3) is 0 Å². The van der Waals surface area contributed by atoms with Crippen LogP contribution in [-0.4, -0.2) is 29.1 Å². The molecular weight excluding hydrogens is 405 g/mol. The van der Waals surface area contributed by atoms with Crippen LogP contribution in [0, 0.1) is 5.82 Å². The molecule has 0 spiro atoms. The summed E-state index contributed by atoms with van der Waals surface area (Å²) in [6.07, 6.45) is 0.744. The van der Waals surface area contributed by atoms with Crippen molar-refractivity contribution in [2.45, 2.75) is 19.4 Å². The minimum absolute atomic E-state index is 0.201. The number of H-pyrrole nitrogens is 1. The van der Waals surface area contributed by atoms with Gasteiger partial charge in [0.15, 0.2) is 0 Å². The smallest absolute Gasteiger partial charge is 0.322 e. The van der Waals surface area contributed by atoms with Crippen LogP contribution < -0.4 is 10.1 Å². The van der Waals surface area contributed by atoms with Gasteiger partial charge in [-0.15, -0.1) is 0 Å². The van der Waals surface area contributed by atoms with E-state index in [0.717, 1.165) is 28.9 Å². The van der Waals surface area contributed by atoms with Crippen LogP contribution in [0.5, 0.6) is 5.75 Å². The van der Waals surface area contributed by atoms with Gasteiger partial charge in [0.2, 0.25) is 0 Å². The molecule has 5 rings (SSSR count). The zero-order valence-corrected chi connectivity index (χ0v) is 17.8. The summed E-state index contributed by atoms with van der Waals surface area (Å²) in [5.74, 6) is 0.460. The van der Waals surface area contributed by atoms with Gasteiger partial charge in [0.05, 0.1) is 12.6 Å². The van der Waals surface area contributed by atoms with Crippen molar-refractivity contribution in [2.75, 3.05) is 18.5 Å². The predicted molar refractivity (Wildman–Crippen MR) is 124 cm³/mol. The molecule has 0 saturated carbocycles. The maximum atomic E-state index is 13.6. The molecule has 2 N–H and O–H groups in total. The molecule has 1 aliphatic rings. The minimum Gasteiger partial charge on any atom is -0.494 e. The molecule has 2 amide bonds. The average molecular weight is 429 g/mol. The molecule has 0 bridgehead atoms. The Morgan fingerprint density at radius 1 is 1.09 bits per heavy atom. The molecule has 0 fully saturated rings. The topological polar surface area (TPSA) is 57.4 Å². The van der Waals surface area contributed by atoms with Crippen molar-refractivity contribution in [3.05, 3.63) is 95.4 Å². The number of rotatable bonds is 4. The number of fused-ring (bicyclic) bond motifs is 3. The molecule has 1 aromatic heterocycles. The van der Waals surface area contributed by atoms with Gasteiger partial charge in [0, 0.05) is 28.8 Å². The van der Waals surface area contributed by atoms with Crippen LogP contribution >= 0.6 is 0 Å². The highest BCUT2D eigenvalue weighted by atomic mass is 19.1. The number of hydrogen-bond donors (Lipinski definition) is 2. The number of ether oxygens (including phenoxy) is 1. The van der Waals surface area contributed by atoms with E-state index in [1.807, 2.05) is 49.4 Å². The van der Waals surface area contributed by atoms with Crippen molar-refractivity contribution in [1.82, 2.24) is 9.88 Å². The standard InChI is InChI=1S/C26H24FN3O2/c1-2-32-20-13-11-19(12-14-20)28-26(31)30-16-15-22-21-5-3-4-6-23(21)29-24(22)25(30)17-7-9-18(27)10-8-17/h3-14,25,29H,2,15-16H2,1H3,(H,28,31)/t25-/m1/s1. The number of nitrogens with one attached hydrogen (secondary N) is 2. The Hall–Kier alpha value is -3.80. The van der Waals surface area contributed by atoms with E-state index >= 15 is 0 Å². The highest BCUT2D eigenvalue weighted by Gasteiger charge is 2.34. The molecule has 0 unspecified atom stereocenters. The lowest BCUT2D eigenvalue weighted by Gasteiger charge is -2.36. The van der Waals surface area contributed by atoms with Gasteiger partial charge in [-0.3, -0.25) is 0 Å². The lowest BCUT2D eigenvalue weighted by molar-refractivity contribution is 0.193. The second-order valence-corrected chi connectivity index (χ2v) is 7.85. The van der Waals surface area contributed by atoms with Crippen molar-refractivity contribution >= 4 is 22.6 Å². The van der Waals surface area contributed by atoms with Crippen LogP contribution in [0.1, 0.15) is 29.8 Å². The fourth-order valence-electron chi connectivity index (χ4n) is 4.45. The van der Waals surface area contributed by atoms with Gasteiger partial charge in [0.1, 0.15) is 11.6 Å². The molecule has 0 saturated heterocycles. The highest BCUT2D eigenvalue weighted by molar-refractivity contribution is 5.91. The molecule has 0 radical (unpaired) electrons. The second-order valence-electron chi connectivity index (χ2n) is 7.85. The maximum absolute atomic E-state index is 13.6. The number of amides is 2. The summed E-state index contributed by atoms with van der Waals surface area (Å²) < 4.78 is 19.1. The van der Waals surface area contributed by atoms with E-state index in [9.17, 15) is 9.18 Å². The Balaban J connectivity index is 1.50. The third-order valence-corrected chi connectivity index (χ3v) is 5.90. The fraction of sp³-hybridized carbons (Fsp3) is 0.192. The Labute approximate surface area is 185 Å². The summed E-state index contributed by atoms with van der Waals surface area (Å²) in [6, 6.07) is 21.3. The van der Waals surface area contributed by atoms with Gasteiger partial charge in [-0.05, 0) is 66.9 Å². The van der Waals surface area contributed by atoms with E-state index in [1.165, 1.54) is 23.1 Å². The van der Waals surface area contributed by atoms with Crippen molar-refractivity contribution in [2.24, 2.45) is 0 Å². The van der Waals surface area contributed by atoms with Crippen LogP contribution in [0.15, 0.2) is 72.8 Å². The van der Waals surface area contributed by atoms with E-state index < -0.39 is 0 Å². The van der Waals surface area contributed by atoms with Gasteiger partial charge in [-0.2, -0.15) is 0 Å². The first-order chi connectivity index (χ1) is 15.6. The predicted octanol–water partition coefficient (Wildman–Crippen LogP) is 5.89. The molecule has 5 nitrogen and oxygen atoms in total. The fourth-order valence-corrected chi connectivity index (χ4v) is 4.45. The number of para-hydroxylation sites is 1. The first-order valence-electron chi connectivity index (χ1n) is 10.8. The summed E-state index contributed by atoms with van der Waals surface area (Å²) in [7, 11) is 0. The number of carbonyl (C=O) groups is 1. The molecule has 0 aliphatic carbocycles. The number of anilines is 1. The van der Waals surface area contributed by atoms with Crippen molar-refractivity contribution in [3.63, 3.8) is 0 Å². The van der Waals surface area contributed by atoms with Gasteiger partial charge >= 0.3 is 6.03 Å². The normalized spacial score (nSPS) is 15.4. The summed E-state index contributed by atoms with van der Waals surface area (Å²) in [6.45, 7) is 3.07. The van der Waals surface area contributed by atoms with Crippen LogP contribution in [0.25, 0.3) is 10.9 Å². The van der Waals surface area contributed by atoms with Gasteiger partial charge < -0.3 is 19.9 Å². The van der Waals surface area contributed by atoms with E-state index in [1.54, 1.807) is 17.0 Å². The Bertz CT molecular complexity index is 1250. The van der Waals surface area contributed by atoms with E-state index in [0.29, 0.717) is 18.8 Å². The van der Waals surface area contributed by atoms with Crippen molar-refractivity contribution in [1.29, 1.82) is 0 Å². The molecule has 1 atom stereocenters. The highest BCUT2D eigenvalue weighted by Crippen LogP contribution is 2.38. The second kappa shape index (κ2) is 8.38. The van der Waals surface area contributed by atoms with Crippen LogP contribution in [0.3, 0.4) is 0 Å². The molecule has 2 heterocycles. The minimum atomic E-state index is -0.338. The monoisotopic (exact) mass is 429 g/mol. The third-order valence-electron chi connectivity index (χ3n) is 5.90. The average Bonchev–Trinajstić information content (AvgIpc) is 3.19. The van der Waals surface area contributed by atoms with Crippen LogP contribution in [0.2, 0.25) is 0 Å². The number of urea groups is 1. The number of aromatic amines is 1. The lowest BCUT2D eigenvalue weighted by atomic mass is 9.92. The molecule has 4 aromatic rings. The zero-order valence-electron chi connectivity index (χ0n) is 17.8. The number of aromatic nitrogens is 1. The van der Waals surface area contributed by atoms with Crippen LogP contribution in [0.4, 0.5) is 14.9 Å². The summed E-state index contributed by atoms with van der Waals surface area (Å²) in [5.41, 5.74) is 4.78. The molecule has 32 heavy (non-hydrogen) atoms. The Kier molecular flexibility index (Phi) is 5.27.